The monoisotopic (exact) mass is 455 g/mol. The van der Waals surface area contributed by atoms with Crippen LogP contribution in [0.1, 0.15) is 62.7 Å². The fraction of sp³-hybridized carbons (Fsp3) is 0.538. The normalized spacial score (nSPS) is 21.8. The number of anilines is 1. The first-order chi connectivity index (χ1) is 15.6. The molecule has 2 aliphatic rings. The van der Waals surface area contributed by atoms with Gasteiger partial charge in [0.15, 0.2) is 0 Å². The molecule has 0 spiro atoms. The summed E-state index contributed by atoms with van der Waals surface area (Å²) in [6, 6.07) is 12.0. The minimum absolute atomic E-state index is 0.0198. The van der Waals surface area contributed by atoms with Gasteiger partial charge in [0.05, 0.1) is 12.2 Å². The van der Waals surface area contributed by atoms with Crippen LogP contribution in [-0.4, -0.2) is 37.7 Å². The van der Waals surface area contributed by atoms with E-state index in [1.165, 1.54) is 11.3 Å². The average molecular weight is 456 g/mol. The van der Waals surface area contributed by atoms with E-state index in [9.17, 15) is 9.59 Å². The van der Waals surface area contributed by atoms with Gasteiger partial charge in [0, 0.05) is 30.1 Å². The highest BCUT2D eigenvalue weighted by molar-refractivity contribution is 7.20. The maximum Gasteiger partial charge on any atom is 0.341 e. The number of amides is 1. The third kappa shape index (κ3) is 5.07. The molecular formula is C26H33NO4S. The highest BCUT2D eigenvalue weighted by atomic mass is 32.1. The van der Waals surface area contributed by atoms with Gasteiger partial charge in [0.25, 0.3) is 0 Å². The number of thiophene rings is 1. The van der Waals surface area contributed by atoms with Crippen LogP contribution in [0.5, 0.6) is 0 Å². The minimum atomic E-state index is -0.358. The SMILES string of the molecule is CCOC(=O)c1cc(-c2ccccc2)sc1N(C(=O)[C@H]1CC[C@H](C)CC1)C1CCOCC1. The maximum absolute atomic E-state index is 13.9. The van der Waals surface area contributed by atoms with Gasteiger partial charge in [-0.3, -0.25) is 9.69 Å². The molecule has 0 N–H and O–H groups in total. The van der Waals surface area contributed by atoms with Crippen molar-refractivity contribution >= 4 is 28.2 Å². The van der Waals surface area contributed by atoms with E-state index in [-0.39, 0.29) is 23.8 Å². The first-order valence-corrected chi connectivity index (χ1v) is 12.7. The maximum atomic E-state index is 13.9. The summed E-state index contributed by atoms with van der Waals surface area (Å²) in [5.74, 6) is 0.502. The molecule has 0 atom stereocenters. The van der Waals surface area contributed by atoms with Gasteiger partial charge in [0.1, 0.15) is 5.00 Å². The van der Waals surface area contributed by atoms with Crippen LogP contribution in [0, 0.1) is 11.8 Å². The van der Waals surface area contributed by atoms with Crippen molar-refractivity contribution in [1.82, 2.24) is 0 Å². The van der Waals surface area contributed by atoms with Gasteiger partial charge in [0.2, 0.25) is 5.91 Å². The number of benzene rings is 1. The molecule has 0 bridgehead atoms. The Morgan fingerprint density at radius 2 is 1.75 bits per heavy atom. The number of hydrogen-bond donors (Lipinski definition) is 0. The smallest absolute Gasteiger partial charge is 0.341 e. The number of carbonyl (C=O) groups is 2. The number of hydrogen-bond acceptors (Lipinski definition) is 5. The number of rotatable bonds is 6. The summed E-state index contributed by atoms with van der Waals surface area (Å²) < 4.78 is 11.0. The highest BCUT2D eigenvalue weighted by Gasteiger charge is 2.37. The fourth-order valence-electron chi connectivity index (χ4n) is 4.75. The molecule has 1 aromatic carbocycles. The molecule has 1 aromatic heterocycles. The molecule has 32 heavy (non-hydrogen) atoms. The van der Waals surface area contributed by atoms with Gasteiger partial charge in [-0.05, 0) is 63.0 Å². The molecule has 1 aliphatic carbocycles. The molecule has 4 rings (SSSR count). The third-order valence-corrected chi connectivity index (χ3v) is 7.83. The Balaban J connectivity index is 1.75. The minimum Gasteiger partial charge on any atom is -0.462 e. The zero-order valence-corrected chi connectivity index (χ0v) is 19.9. The fourth-order valence-corrected chi connectivity index (χ4v) is 5.98. The van der Waals surface area contributed by atoms with E-state index in [0.29, 0.717) is 31.3 Å². The van der Waals surface area contributed by atoms with Crippen molar-refractivity contribution in [3.8, 4) is 10.4 Å². The van der Waals surface area contributed by atoms with Crippen LogP contribution in [0.3, 0.4) is 0 Å². The van der Waals surface area contributed by atoms with Crippen molar-refractivity contribution < 1.29 is 19.1 Å². The van der Waals surface area contributed by atoms with E-state index in [1.54, 1.807) is 0 Å². The van der Waals surface area contributed by atoms with Gasteiger partial charge in [-0.25, -0.2) is 4.79 Å². The molecule has 1 aliphatic heterocycles. The van der Waals surface area contributed by atoms with Crippen molar-refractivity contribution in [3.63, 3.8) is 0 Å². The first kappa shape index (κ1) is 23.0. The second-order valence-corrected chi connectivity index (χ2v) is 9.96. The second-order valence-electron chi connectivity index (χ2n) is 8.92. The van der Waals surface area contributed by atoms with E-state index >= 15 is 0 Å². The van der Waals surface area contributed by atoms with Crippen molar-refractivity contribution in [2.75, 3.05) is 24.7 Å². The van der Waals surface area contributed by atoms with Crippen molar-refractivity contribution in [2.45, 2.75) is 58.4 Å². The van der Waals surface area contributed by atoms with Crippen LogP contribution in [-0.2, 0) is 14.3 Å². The Hall–Kier alpha value is -2.18. The summed E-state index contributed by atoms with van der Waals surface area (Å²) in [4.78, 5) is 29.8. The van der Waals surface area contributed by atoms with Crippen LogP contribution in [0.4, 0.5) is 5.00 Å². The molecule has 5 nitrogen and oxygen atoms in total. The van der Waals surface area contributed by atoms with Gasteiger partial charge in [-0.1, -0.05) is 37.3 Å². The number of ether oxygens (including phenoxy) is 2. The molecule has 0 radical (unpaired) electrons. The summed E-state index contributed by atoms with van der Waals surface area (Å²) in [5.41, 5.74) is 1.54. The zero-order valence-electron chi connectivity index (χ0n) is 19.0. The van der Waals surface area contributed by atoms with Crippen LogP contribution in [0.25, 0.3) is 10.4 Å². The van der Waals surface area contributed by atoms with Gasteiger partial charge in [-0.15, -0.1) is 11.3 Å². The number of esters is 1. The summed E-state index contributed by atoms with van der Waals surface area (Å²) >= 11 is 1.52. The number of nitrogens with zero attached hydrogens (tertiary/aromatic N) is 1. The quantitative estimate of drug-likeness (QED) is 0.507. The van der Waals surface area contributed by atoms with E-state index < -0.39 is 0 Å². The standard InChI is InChI=1S/C26H33NO4S/c1-3-31-26(29)22-17-23(19-7-5-4-6-8-19)32-25(22)27(21-13-15-30-16-14-21)24(28)20-11-9-18(2)10-12-20/h4-8,17-18,20-21H,3,9-16H2,1-2H3/t18-,20-. The summed E-state index contributed by atoms with van der Waals surface area (Å²) in [6.07, 6.45) is 5.59. The molecule has 172 valence electrons. The van der Waals surface area contributed by atoms with Gasteiger partial charge < -0.3 is 9.47 Å². The molecule has 6 heteroatoms. The average Bonchev–Trinajstić information content (AvgIpc) is 3.26. The zero-order chi connectivity index (χ0) is 22.5. The molecule has 0 unspecified atom stereocenters. The predicted octanol–water partition coefficient (Wildman–Crippen LogP) is 5.93. The molecule has 1 saturated heterocycles. The Morgan fingerprint density at radius 3 is 2.41 bits per heavy atom. The lowest BCUT2D eigenvalue weighted by Gasteiger charge is -2.37. The Kier molecular flexibility index (Phi) is 7.63. The van der Waals surface area contributed by atoms with E-state index in [2.05, 4.69) is 6.92 Å². The highest BCUT2D eigenvalue weighted by Crippen LogP contribution is 2.42. The summed E-state index contributed by atoms with van der Waals surface area (Å²) in [6.45, 7) is 5.66. The second kappa shape index (κ2) is 10.6. The molecule has 1 amide bonds. The van der Waals surface area contributed by atoms with Crippen LogP contribution >= 0.6 is 11.3 Å². The van der Waals surface area contributed by atoms with Crippen LogP contribution in [0.2, 0.25) is 0 Å². The molecule has 2 aromatic rings. The Bertz CT molecular complexity index is 911. The topological polar surface area (TPSA) is 55.8 Å². The van der Waals surface area contributed by atoms with Gasteiger partial charge >= 0.3 is 5.97 Å². The molecule has 2 fully saturated rings. The van der Waals surface area contributed by atoms with Crippen molar-refractivity contribution in [2.24, 2.45) is 11.8 Å². The Morgan fingerprint density at radius 1 is 1.06 bits per heavy atom. The third-order valence-electron chi connectivity index (χ3n) is 6.64. The van der Waals surface area contributed by atoms with Crippen molar-refractivity contribution in [1.29, 1.82) is 0 Å². The molecular weight excluding hydrogens is 422 g/mol. The van der Waals surface area contributed by atoms with E-state index in [4.69, 9.17) is 9.47 Å². The largest absolute Gasteiger partial charge is 0.462 e. The Labute approximate surface area is 194 Å². The molecule has 1 saturated carbocycles. The first-order valence-electron chi connectivity index (χ1n) is 11.9. The van der Waals surface area contributed by atoms with E-state index in [0.717, 1.165) is 54.0 Å². The lowest BCUT2D eigenvalue weighted by molar-refractivity contribution is -0.124. The lowest BCUT2D eigenvalue weighted by Crippen LogP contribution is -2.47. The summed E-state index contributed by atoms with van der Waals surface area (Å²) in [7, 11) is 0. The molecule has 2 heterocycles. The van der Waals surface area contributed by atoms with Crippen LogP contribution < -0.4 is 4.90 Å². The van der Waals surface area contributed by atoms with E-state index in [1.807, 2.05) is 48.2 Å². The predicted molar refractivity (Wildman–Crippen MR) is 128 cm³/mol. The van der Waals surface area contributed by atoms with Gasteiger partial charge in [-0.2, -0.15) is 0 Å². The summed E-state index contributed by atoms with van der Waals surface area (Å²) in [5, 5.41) is 0.734. The lowest BCUT2D eigenvalue weighted by atomic mass is 9.82. The van der Waals surface area contributed by atoms with Crippen LogP contribution in [0.15, 0.2) is 36.4 Å². The number of carbonyl (C=O) groups excluding carboxylic acids is 2. The van der Waals surface area contributed by atoms with Crippen molar-refractivity contribution in [3.05, 3.63) is 42.0 Å².